The van der Waals surface area contributed by atoms with E-state index in [1.165, 1.54) is 6.08 Å². The second kappa shape index (κ2) is 11.8. The number of hydrogen-bond donors (Lipinski definition) is 3. The summed E-state index contributed by atoms with van der Waals surface area (Å²) in [5, 5.41) is 7.64. The third-order valence-electron chi connectivity index (χ3n) is 9.09. The fourth-order valence-electron chi connectivity index (χ4n) is 6.45. The number of carbonyl (C=O) groups excluding carboxylic acids is 2. The zero-order valence-corrected chi connectivity index (χ0v) is 24.6. The van der Waals surface area contributed by atoms with Crippen LogP contribution >= 0.6 is 0 Å². The van der Waals surface area contributed by atoms with Crippen LogP contribution in [0.3, 0.4) is 0 Å². The Bertz CT molecular complexity index is 1690. The number of nitrogens with one attached hydrogen (secondary N) is 3. The maximum Gasteiger partial charge on any atom is 0.274 e. The number of piperidine rings is 1. The lowest BCUT2D eigenvalue weighted by atomic mass is 9.88. The van der Waals surface area contributed by atoms with Gasteiger partial charge >= 0.3 is 0 Å². The Morgan fingerprint density at radius 2 is 1.89 bits per heavy atom. The zero-order chi connectivity index (χ0) is 30.1. The molecule has 11 heteroatoms. The van der Waals surface area contributed by atoms with Crippen LogP contribution in [0.2, 0.25) is 0 Å². The molecule has 0 bridgehead atoms. The van der Waals surface area contributed by atoms with Crippen molar-refractivity contribution < 1.29 is 14.3 Å². The largest absolute Gasteiger partial charge is 0.378 e. The third kappa shape index (κ3) is 5.68. The smallest absolute Gasteiger partial charge is 0.274 e. The number of fused-ring (bicyclic) bond motifs is 1. The van der Waals surface area contributed by atoms with Gasteiger partial charge in [0.25, 0.3) is 5.91 Å². The van der Waals surface area contributed by atoms with Gasteiger partial charge in [-0.05, 0) is 66.8 Å². The van der Waals surface area contributed by atoms with E-state index in [1.807, 2.05) is 41.3 Å². The number of rotatable bonds is 8. The van der Waals surface area contributed by atoms with E-state index in [2.05, 4.69) is 48.1 Å². The van der Waals surface area contributed by atoms with Gasteiger partial charge in [0, 0.05) is 61.8 Å². The van der Waals surface area contributed by atoms with E-state index in [-0.39, 0.29) is 17.2 Å². The van der Waals surface area contributed by atoms with Gasteiger partial charge in [0.1, 0.15) is 23.5 Å². The minimum Gasteiger partial charge on any atom is -0.378 e. The summed E-state index contributed by atoms with van der Waals surface area (Å²) in [6.07, 6.45) is 7.83. The van der Waals surface area contributed by atoms with Crippen molar-refractivity contribution in [2.24, 2.45) is 5.41 Å². The summed E-state index contributed by atoms with van der Waals surface area (Å²) in [7, 11) is 0. The predicted octanol–water partition coefficient (Wildman–Crippen LogP) is 3.77. The number of hydrogen-bond acceptors (Lipinski definition) is 8. The molecule has 44 heavy (non-hydrogen) atoms. The van der Waals surface area contributed by atoms with Crippen LogP contribution in [0.5, 0.6) is 0 Å². The Morgan fingerprint density at radius 3 is 2.66 bits per heavy atom. The first-order chi connectivity index (χ1) is 21.5. The van der Waals surface area contributed by atoms with Crippen LogP contribution < -0.4 is 15.5 Å². The van der Waals surface area contributed by atoms with Gasteiger partial charge < -0.3 is 30.2 Å². The summed E-state index contributed by atoms with van der Waals surface area (Å²) in [5.74, 6) is 0.664. The average molecular weight is 593 g/mol. The summed E-state index contributed by atoms with van der Waals surface area (Å²) in [6, 6.07) is 13.9. The molecule has 1 aromatic carbocycles. The van der Waals surface area contributed by atoms with Gasteiger partial charge in [-0.3, -0.25) is 14.6 Å². The highest BCUT2D eigenvalue weighted by molar-refractivity contribution is 6.03. The van der Waals surface area contributed by atoms with Crippen molar-refractivity contribution in [1.29, 1.82) is 0 Å². The van der Waals surface area contributed by atoms with E-state index in [4.69, 9.17) is 4.74 Å². The zero-order valence-electron chi connectivity index (χ0n) is 24.6. The van der Waals surface area contributed by atoms with Gasteiger partial charge in [-0.1, -0.05) is 18.7 Å². The second-order valence-electron chi connectivity index (χ2n) is 11.9. The molecule has 5 heterocycles. The summed E-state index contributed by atoms with van der Waals surface area (Å²) < 4.78 is 5.49. The quantitative estimate of drug-likeness (QED) is 0.264. The number of H-pyrrole nitrogens is 1. The van der Waals surface area contributed by atoms with Gasteiger partial charge in [-0.2, -0.15) is 0 Å². The minimum absolute atomic E-state index is 0.0138. The second-order valence-corrected chi connectivity index (χ2v) is 11.9. The molecule has 3 fully saturated rings. The van der Waals surface area contributed by atoms with Crippen LogP contribution in [0.25, 0.3) is 22.3 Å². The molecule has 7 rings (SSSR count). The molecule has 4 aromatic rings. The molecule has 11 nitrogen and oxygen atoms in total. The lowest BCUT2D eigenvalue weighted by molar-refractivity contribution is -0.128. The van der Waals surface area contributed by atoms with Gasteiger partial charge in [0.05, 0.1) is 18.6 Å². The monoisotopic (exact) mass is 592 g/mol. The SMILES string of the molecule is C=CC(=O)N1CCC(NCc2ccnc(C(=O)Nc3ccc(-c4cc5c(N6CCOCC6)ncnc5[nH]4)cc3)c2)C2(CC2)C1. The van der Waals surface area contributed by atoms with E-state index in [1.54, 1.807) is 12.5 Å². The van der Waals surface area contributed by atoms with E-state index in [0.717, 1.165) is 79.1 Å². The molecule has 2 aliphatic heterocycles. The number of likely N-dealkylation sites (tertiary alicyclic amines) is 1. The molecule has 0 radical (unpaired) electrons. The summed E-state index contributed by atoms with van der Waals surface area (Å²) in [6.45, 7) is 8.76. The molecule has 226 valence electrons. The first-order valence-electron chi connectivity index (χ1n) is 15.2. The minimum atomic E-state index is -0.259. The molecule has 3 N–H and O–H groups in total. The lowest BCUT2D eigenvalue weighted by Crippen LogP contribution is -2.51. The van der Waals surface area contributed by atoms with E-state index in [9.17, 15) is 9.59 Å². The molecule has 1 unspecified atom stereocenters. The van der Waals surface area contributed by atoms with Crippen LogP contribution in [0.4, 0.5) is 11.5 Å². The number of ether oxygens (including phenoxy) is 1. The van der Waals surface area contributed by atoms with Crippen LogP contribution in [-0.2, 0) is 16.1 Å². The Balaban J connectivity index is 0.981. The normalized spacial score (nSPS) is 19.2. The van der Waals surface area contributed by atoms with Crippen molar-refractivity contribution >= 4 is 34.4 Å². The molecular weight excluding hydrogens is 556 g/mol. The summed E-state index contributed by atoms with van der Waals surface area (Å²) >= 11 is 0. The van der Waals surface area contributed by atoms with E-state index >= 15 is 0 Å². The van der Waals surface area contributed by atoms with E-state index < -0.39 is 0 Å². The van der Waals surface area contributed by atoms with Crippen LogP contribution in [0, 0.1) is 5.41 Å². The number of nitrogens with zero attached hydrogens (tertiary/aromatic N) is 5. The number of benzene rings is 1. The first kappa shape index (κ1) is 28.2. The molecular formula is C33H36N8O3. The molecule has 1 saturated carbocycles. The van der Waals surface area contributed by atoms with Crippen LogP contribution in [0.1, 0.15) is 35.3 Å². The fraction of sp³-hybridized carbons (Fsp3) is 0.364. The molecule has 2 amide bonds. The van der Waals surface area contributed by atoms with Crippen molar-refractivity contribution in [3.63, 3.8) is 0 Å². The van der Waals surface area contributed by atoms with Gasteiger partial charge in [-0.25, -0.2) is 9.97 Å². The first-order valence-corrected chi connectivity index (χ1v) is 15.2. The van der Waals surface area contributed by atoms with Gasteiger partial charge in [-0.15, -0.1) is 0 Å². The summed E-state index contributed by atoms with van der Waals surface area (Å²) in [5.41, 5.74) is 4.90. The Morgan fingerprint density at radius 1 is 1.07 bits per heavy atom. The maximum atomic E-state index is 13.1. The molecule has 3 aromatic heterocycles. The number of carbonyl (C=O) groups is 2. The number of pyridine rings is 1. The maximum absolute atomic E-state index is 13.1. The Hall–Kier alpha value is -4.61. The van der Waals surface area contributed by atoms with Crippen LogP contribution in [0.15, 0.2) is 67.6 Å². The van der Waals surface area contributed by atoms with Crippen molar-refractivity contribution in [3.8, 4) is 11.3 Å². The molecule has 1 aliphatic carbocycles. The molecule has 2 saturated heterocycles. The molecule has 3 aliphatic rings. The number of amides is 2. The van der Waals surface area contributed by atoms with Crippen molar-refractivity contribution in [2.75, 3.05) is 49.6 Å². The Labute approximate surface area is 255 Å². The van der Waals surface area contributed by atoms with Gasteiger partial charge in [0.15, 0.2) is 0 Å². The standard InChI is InChI=1S/C33H36N8O3/c1-2-29(42)41-12-8-28(33(20-41)9-10-33)35-19-22-7-11-34-27(17-22)32(43)38-24-5-3-23(4-6-24)26-18-25-30(39-26)36-21-37-31(25)40-13-15-44-16-14-40/h2-7,11,17-18,21,28,35H,1,8-10,12-16,19-20H2,(H,38,43)(H,36,37,39). The number of anilines is 2. The van der Waals surface area contributed by atoms with E-state index in [0.29, 0.717) is 37.2 Å². The highest BCUT2D eigenvalue weighted by Crippen LogP contribution is 2.52. The third-order valence-corrected chi connectivity index (χ3v) is 9.09. The van der Waals surface area contributed by atoms with Crippen molar-refractivity contribution in [1.82, 2.24) is 30.2 Å². The highest BCUT2D eigenvalue weighted by Gasteiger charge is 2.52. The Kier molecular flexibility index (Phi) is 7.57. The molecule has 1 spiro atoms. The average Bonchev–Trinajstić information content (AvgIpc) is 3.69. The predicted molar refractivity (Wildman–Crippen MR) is 168 cm³/mol. The molecule has 1 atom stereocenters. The van der Waals surface area contributed by atoms with Gasteiger partial charge in [0.2, 0.25) is 5.91 Å². The number of aromatic amines is 1. The number of morpholine rings is 1. The fourth-order valence-corrected chi connectivity index (χ4v) is 6.45. The van der Waals surface area contributed by atoms with Crippen molar-refractivity contribution in [2.45, 2.75) is 31.8 Å². The lowest BCUT2D eigenvalue weighted by Gasteiger charge is -2.39. The summed E-state index contributed by atoms with van der Waals surface area (Å²) in [4.78, 5) is 46.0. The highest BCUT2D eigenvalue weighted by atomic mass is 16.5. The topological polar surface area (TPSA) is 128 Å². The van der Waals surface area contributed by atoms with Crippen LogP contribution in [-0.4, -0.2) is 82.1 Å². The van der Waals surface area contributed by atoms with Crippen molar-refractivity contribution in [3.05, 3.63) is 78.9 Å². The number of aromatic nitrogens is 4.